The molecule has 10 heavy (non-hydrogen) atoms. The summed E-state index contributed by atoms with van der Waals surface area (Å²) >= 11 is 0. The van der Waals surface area contributed by atoms with Gasteiger partial charge in [-0.2, -0.15) is 0 Å². The van der Waals surface area contributed by atoms with Crippen LogP contribution in [-0.4, -0.2) is 16.1 Å². The molecule has 0 atom stereocenters. The zero-order chi connectivity index (χ0) is 8.58. The van der Waals surface area contributed by atoms with Gasteiger partial charge in [0.25, 0.3) is 0 Å². The smallest absolute Gasteiger partial charge is 0.0447 e. The molecule has 0 aromatic heterocycles. The fraction of sp³-hybridized carbons (Fsp3) is 0.875. The number of hydrogen-bond acceptors (Lipinski definition) is 0. The molecule has 2 heteroatoms. The predicted octanol–water partition coefficient (Wildman–Crippen LogP) is 3.41. The first-order valence-electron chi connectivity index (χ1n) is 3.99. The van der Waals surface area contributed by atoms with Crippen LogP contribution in [0.4, 0.5) is 0 Å². The zero-order valence-corrected chi connectivity index (χ0v) is 10.3. The first-order valence-corrected chi connectivity index (χ1v) is 11.1. The van der Waals surface area contributed by atoms with Gasteiger partial charge in [-0.1, -0.05) is 51.4 Å². The van der Waals surface area contributed by atoms with E-state index in [1.807, 2.05) is 0 Å². The van der Waals surface area contributed by atoms with Crippen molar-refractivity contribution in [3.8, 4) is 0 Å². The fourth-order valence-electron chi connectivity index (χ4n) is 1.30. The largest absolute Gasteiger partial charge is 0.0696 e. The van der Waals surface area contributed by atoms with Gasteiger partial charge in [0.1, 0.15) is 0 Å². The molecule has 0 N–H and O–H groups in total. The van der Waals surface area contributed by atoms with Crippen LogP contribution in [-0.2, 0) is 0 Å². The molecule has 0 heterocycles. The zero-order valence-electron chi connectivity index (χ0n) is 8.28. The van der Waals surface area contributed by atoms with E-state index in [0.29, 0.717) is 0 Å². The molecule has 0 rings (SSSR count). The van der Waals surface area contributed by atoms with Crippen LogP contribution < -0.4 is 0 Å². The second kappa shape index (κ2) is 2.82. The van der Waals surface area contributed by atoms with Crippen molar-refractivity contribution in [3.05, 3.63) is 6.92 Å². The van der Waals surface area contributed by atoms with E-state index >= 15 is 0 Å². The third kappa shape index (κ3) is 3.01. The quantitative estimate of drug-likeness (QED) is 0.562. The van der Waals surface area contributed by atoms with Crippen LogP contribution in [0.2, 0.25) is 44.4 Å². The molecule has 0 saturated carbocycles. The molecule has 0 saturated heterocycles. The summed E-state index contributed by atoms with van der Waals surface area (Å²) in [6.45, 7) is 18.8. The van der Waals surface area contributed by atoms with E-state index in [4.69, 9.17) is 0 Å². The van der Waals surface area contributed by atoms with Gasteiger partial charge >= 0.3 is 0 Å². The Morgan fingerprint density at radius 3 is 1.00 bits per heavy atom. The summed E-state index contributed by atoms with van der Waals surface area (Å²) in [6, 6.07) is 0. The number of rotatable bonds is 2. The third-order valence-corrected chi connectivity index (χ3v) is 11.5. The molecule has 0 aliphatic heterocycles. The van der Waals surface area contributed by atoms with E-state index in [0.717, 1.165) is 5.16 Å². The minimum Gasteiger partial charge on any atom is -0.0696 e. The van der Waals surface area contributed by atoms with Gasteiger partial charge in [-0.15, -0.1) is 0 Å². The molecule has 0 spiro atoms. The minimum atomic E-state index is -0.945. The van der Waals surface area contributed by atoms with Crippen LogP contribution in [0, 0.1) is 6.92 Å². The summed E-state index contributed by atoms with van der Waals surface area (Å²) in [5.41, 5.74) is 0. The van der Waals surface area contributed by atoms with E-state index in [2.05, 4.69) is 46.2 Å². The Balaban J connectivity index is 4.23. The Bertz CT molecular complexity index is 91.4. The van der Waals surface area contributed by atoms with Gasteiger partial charge < -0.3 is 0 Å². The highest BCUT2D eigenvalue weighted by atomic mass is 28.4. The monoisotopic (exact) mass is 173 g/mol. The Labute approximate surface area is 68.1 Å². The molecule has 0 aromatic carbocycles. The van der Waals surface area contributed by atoms with Gasteiger partial charge in [0.15, 0.2) is 0 Å². The molecule has 0 fully saturated rings. The molecular weight excluding hydrogens is 152 g/mol. The second-order valence-electron chi connectivity index (χ2n) is 5.28. The van der Waals surface area contributed by atoms with Crippen LogP contribution in [0.5, 0.6) is 0 Å². The van der Waals surface area contributed by atoms with Crippen molar-refractivity contribution < 1.29 is 0 Å². The van der Waals surface area contributed by atoms with E-state index < -0.39 is 16.1 Å². The minimum absolute atomic E-state index is 0.792. The summed E-state index contributed by atoms with van der Waals surface area (Å²) in [5, 5.41) is 0.792. The molecule has 0 aliphatic carbocycles. The first kappa shape index (κ1) is 10.4. The molecule has 0 unspecified atom stereocenters. The summed E-state index contributed by atoms with van der Waals surface area (Å²) < 4.78 is 0. The maximum absolute atomic E-state index is 4.30. The van der Waals surface area contributed by atoms with Crippen molar-refractivity contribution in [1.82, 2.24) is 0 Å². The summed E-state index contributed by atoms with van der Waals surface area (Å²) in [7, 11) is -1.89. The molecule has 61 valence electrons. The SMILES string of the molecule is [CH2]C([Si](C)(C)C)[Si](C)(C)C. The fourth-order valence-corrected chi connectivity index (χ4v) is 11.7. The van der Waals surface area contributed by atoms with Crippen LogP contribution in [0.15, 0.2) is 0 Å². The number of hydrogen-bond donors (Lipinski definition) is 0. The van der Waals surface area contributed by atoms with Crippen molar-refractivity contribution in [3.63, 3.8) is 0 Å². The summed E-state index contributed by atoms with van der Waals surface area (Å²) in [4.78, 5) is 0. The standard InChI is InChI=1S/C8H21Si2/c1-8(9(2,3)4)10(5,6)7/h8H,1H2,2-7H3. The Hall–Kier alpha value is 0.434. The first-order chi connectivity index (χ1) is 4.15. The lowest BCUT2D eigenvalue weighted by Crippen LogP contribution is -2.42. The van der Waals surface area contributed by atoms with E-state index in [9.17, 15) is 0 Å². The Kier molecular flexibility index (Phi) is 2.94. The highest BCUT2D eigenvalue weighted by molar-refractivity contribution is 6.96. The van der Waals surface area contributed by atoms with Crippen LogP contribution in [0.3, 0.4) is 0 Å². The molecular formula is C8H21Si2. The lowest BCUT2D eigenvalue weighted by molar-refractivity contribution is 1.31. The van der Waals surface area contributed by atoms with Crippen molar-refractivity contribution in [2.45, 2.75) is 44.4 Å². The maximum Gasteiger partial charge on any atom is 0.0447 e. The third-order valence-electron chi connectivity index (χ3n) is 2.09. The molecule has 0 amide bonds. The Morgan fingerprint density at radius 1 is 0.800 bits per heavy atom. The van der Waals surface area contributed by atoms with E-state index in [1.54, 1.807) is 0 Å². The van der Waals surface area contributed by atoms with Crippen LogP contribution in [0.25, 0.3) is 0 Å². The molecule has 0 bridgehead atoms. The average molecular weight is 173 g/mol. The van der Waals surface area contributed by atoms with Gasteiger partial charge in [0.2, 0.25) is 0 Å². The van der Waals surface area contributed by atoms with Gasteiger partial charge in [0, 0.05) is 16.1 Å². The molecule has 1 radical (unpaired) electrons. The normalized spacial score (nSPS) is 14.4. The molecule has 0 nitrogen and oxygen atoms in total. The van der Waals surface area contributed by atoms with Gasteiger partial charge in [-0.3, -0.25) is 0 Å². The highest BCUT2D eigenvalue weighted by Crippen LogP contribution is 2.30. The topological polar surface area (TPSA) is 0 Å². The molecule has 0 aromatic rings. The van der Waals surface area contributed by atoms with Gasteiger partial charge in [0.05, 0.1) is 0 Å². The van der Waals surface area contributed by atoms with Gasteiger partial charge in [-0.25, -0.2) is 0 Å². The average Bonchev–Trinajstić information content (AvgIpc) is 1.59. The lowest BCUT2D eigenvalue weighted by atomic mass is 10.9. The highest BCUT2D eigenvalue weighted by Gasteiger charge is 2.33. The summed E-state index contributed by atoms with van der Waals surface area (Å²) in [6.07, 6.45) is 0. The predicted molar refractivity (Wildman–Crippen MR) is 55.8 cm³/mol. The summed E-state index contributed by atoms with van der Waals surface area (Å²) in [5.74, 6) is 0. The lowest BCUT2D eigenvalue weighted by Gasteiger charge is -2.35. The van der Waals surface area contributed by atoms with Crippen molar-refractivity contribution in [2.24, 2.45) is 0 Å². The second-order valence-corrected chi connectivity index (χ2v) is 16.7. The van der Waals surface area contributed by atoms with E-state index in [-0.39, 0.29) is 0 Å². The van der Waals surface area contributed by atoms with Crippen molar-refractivity contribution in [1.29, 1.82) is 0 Å². The maximum atomic E-state index is 4.30. The van der Waals surface area contributed by atoms with Crippen LogP contribution >= 0.6 is 0 Å². The van der Waals surface area contributed by atoms with E-state index in [1.165, 1.54) is 0 Å². The van der Waals surface area contributed by atoms with Gasteiger partial charge in [-0.05, 0) is 0 Å². The van der Waals surface area contributed by atoms with Crippen molar-refractivity contribution >= 4 is 16.1 Å². The molecule has 0 aliphatic rings. The van der Waals surface area contributed by atoms with Crippen LogP contribution in [0.1, 0.15) is 0 Å². The van der Waals surface area contributed by atoms with Crippen molar-refractivity contribution in [2.75, 3.05) is 0 Å². The Morgan fingerprint density at radius 2 is 1.00 bits per heavy atom.